The van der Waals surface area contributed by atoms with Crippen molar-refractivity contribution in [2.24, 2.45) is 5.73 Å². The quantitative estimate of drug-likeness (QED) is 0.793. The lowest BCUT2D eigenvalue weighted by molar-refractivity contribution is -0.152. The highest BCUT2D eigenvalue weighted by Crippen LogP contribution is 2.15. The molecule has 1 rings (SSSR count). The molecule has 0 heterocycles. The van der Waals surface area contributed by atoms with Crippen LogP contribution in [0.5, 0.6) is 0 Å². The number of amides is 2. The lowest BCUT2D eigenvalue weighted by Gasteiger charge is -2.15. The summed E-state index contributed by atoms with van der Waals surface area (Å²) in [6.07, 6.45) is -0.667. The lowest BCUT2D eigenvalue weighted by Crippen LogP contribution is -2.31. The Bertz CT molecular complexity index is 545. The van der Waals surface area contributed by atoms with Gasteiger partial charge in [0.1, 0.15) is 5.82 Å². The van der Waals surface area contributed by atoms with Gasteiger partial charge in [0.25, 0.3) is 11.8 Å². The molecular weight excluding hydrogens is 267 g/mol. The van der Waals surface area contributed by atoms with Gasteiger partial charge in [-0.25, -0.2) is 4.39 Å². The van der Waals surface area contributed by atoms with Crippen LogP contribution in [0.2, 0.25) is 0 Å². The maximum absolute atomic E-state index is 13.5. The van der Waals surface area contributed by atoms with Crippen molar-refractivity contribution in [1.29, 1.82) is 0 Å². The van der Waals surface area contributed by atoms with E-state index in [-0.39, 0.29) is 17.7 Å². The van der Waals surface area contributed by atoms with Crippen LogP contribution in [0.25, 0.3) is 0 Å². The molecule has 0 aliphatic carbocycles. The van der Waals surface area contributed by atoms with Gasteiger partial charge in [-0.05, 0) is 24.6 Å². The Morgan fingerprint density at radius 1 is 1.40 bits per heavy atom. The lowest BCUT2D eigenvalue weighted by atomic mass is 10.1. The second kappa shape index (κ2) is 6.65. The number of anilines is 1. The van der Waals surface area contributed by atoms with Gasteiger partial charge in [-0.3, -0.25) is 14.4 Å². The minimum absolute atomic E-state index is 0.142. The predicted molar refractivity (Wildman–Crippen MR) is 69.4 cm³/mol. The molecule has 0 aliphatic rings. The van der Waals surface area contributed by atoms with Gasteiger partial charge in [0.15, 0.2) is 6.10 Å². The second-order valence-corrected chi connectivity index (χ2v) is 4.05. The first-order valence-electron chi connectivity index (χ1n) is 5.92. The van der Waals surface area contributed by atoms with Crippen LogP contribution in [-0.4, -0.2) is 23.9 Å². The second-order valence-electron chi connectivity index (χ2n) is 4.05. The molecule has 0 fully saturated rings. The third kappa shape index (κ3) is 4.04. The number of nitrogens with two attached hydrogens (primary N) is 1. The summed E-state index contributed by atoms with van der Waals surface area (Å²) >= 11 is 0. The summed E-state index contributed by atoms with van der Waals surface area (Å²) in [5.74, 6) is -2.89. The van der Waals surface area contributed by atoms with E-state index in [2.05, 4.69) is 5.32 Å². The third-order valence-electron chi connectivity index (χ3n) is 2.47. The largest absolute Gasteiger partial charge is 0.452 e. The maximum atomic E-state index is 13.5. The average molecular weight is 282 g/mol. The first kappa shape index (κ1) is 15.6. The van der Waals surface area contributed by atoms with Crippen LogP contribution in [0.15, 0.2) is 18.2 Å². The van der Waals surface area contributed by atoms with Crippen LogP contribution in [0, 0.1) is 5.82 Å². The van der Waals surface area contributed by atoms with E-state index in [1.54, 1.807) is 6.92 Å². The summed E-state index contributed by atoms with van der Waals surface area (Å²) in [6, 6.07) is 3.47. The first-order valence-corrected chi connectivity index (χ1v) is 5.92. The first-order chi connectivity index (χ1) is 9.35. The fraction of sp³-hybridized carbons (Fsp3) is 0.308. The molecule has 20 heavy (non-hydrogen) atoms. The minimum atomic E-state index is -0.952. The fourth-order valence-electron chi connectivity index (χ4n) is 1.54. The molecule has 0 spiro atoms. The molecule has 3 N–H and O–H groups in total. The Labute approximate surface area is 115 Å². The van der Waals surface area contributed by atoms with Crippen LogP contribution >= 0.6 is 0 Å². The molecule has 2 amide bonds. The van der Waals surface area contributed by atoms with E-state index < -0.39 is 29.7 Å². The van der Waals surface area contributed by atoms with E-state index in [1.807, 2.05) is 0 Å². The SMILES string of the molecule is CCC(OC(C)=O)C(=O)Nc1ccc(C(N)=O)c(F)c1. The molecule has 7 heteroatoms. The molecule has 0 saturated heterocycles. The standard InChI is InChI=1S/C13H15FN2O4/c1-3-11(20-7(2)17)13(19)16-8-4-5-9(12(15)18)10(14)6-8/h4-6,11H,3H2,1-2H3,(H2,15,18)(H,16,19). The molecule has 1 unspecified atom stereocenters. The molecule has 6 nitrogen and oxygen atoms in total. The van der Waals surface area contributed by atoms with Gasteiger partial charge in [0, 0.05) is 12.6 Å². The predicted octanol–water partition coefficient (Wildman–Crippen LogP) is 1.20. The van der Waals surface area contributed by atoms with E-state index in [1.165, 1.54) is 19.1 Å². The van der Waals surface area contributed by atoms with Crippen molar-refractivity contribution in [3.63, 3.8) is 0 Å². The number of primary amides is 1. The third-order valence-corrected chi connectivity index (χ3v) is 2.47. The number of carbonyl (C=O) groups is 3. The molecule has 0 aliphatic heterocycles. The maximum Gasteiger partial charge on any atom is 0.303 e. The number of hydrogen-bond donors (Lipinski definition) is 2. The smallest absolute Gasteiger partial charge is 0.303 e. The molecule has 0 saturated carbocycles. The minimum Gasteiger partial charge on any atom is -0.452 e. The van der Waals surface area contributed by atoms with Crippen molar-refractivity contribution in [2.45, 2.75) is 26.4 Å². The monoisotopic (exact) mass is 282 g/mol. The van der Waals surface area contributed by atoms with Gasteiger partial charge < -0.3 is 15.8 Å². The number of ether oxygens (including phenoxy) is 1. The fourth-order valence-corrected chi connectivity index (χ4v) is 1.54. The molecule has 0 aromatic heterocycles. The Hall–Kier alpha value is -2.44. The number of carbonyl (C=O) groups excluding carboxylic acids is 3. The van der Waals surface area contributed by atoms with Gasteiger partial charge in [-0.15, -0.1) is 0 Å². The summed E-state index contributed by atoms with van der Waals surface area (Å²) < 4.78 is 18.3. The van der Waals surface area contributed by atoms with Crippen molar-refractivity contribution in [3.05, 3.63) is 29.6 Å². The zero-order valence-corrected chi connectivity index (χ0v) is 11.1. The zero-order chi connectivity index (χ0) is 15.3. The van der Waals surface area contributed by atoms with Crippen molar-refractivity contribution in [1.82, 2.24) is 0 Å². The Kier molecular flexibility index (Phi) is 5.19. The summed E-state index contributed by atoms with van der Waals surface area (Å²) in [6.45, 7) is 2.86. The summed E-state index contributed by atoms with van der Waals surface area (Å²) in [7, 11) is 0. The number of esters is 1. The Morgan fingerprint density at radius 3 is 2.50 bits per heavy atom. The highest BCUT2D eigenvalue weighted by atomic mass is 19.1. The number of halogens is 1. The molecule has 1 aromatic rings. The van der Waals surface area contributed by atoms with Crippen LogP contribution in [0.4, 0.5) is 10.1 Å². The Morgan fingerprint density at radius 2 is 2.05 bits per heavy atom. The highest BCUT2D eigenvalue weighted by molar-refractivity contribution is 5.97. The van der Waals surface area contributed by atoms with Crippen molar-refractivity contribution >= 4 is 23.5 Å². The zero-order valence-electron chi connectivity index (χ0n) is 11.1. The number of benzene rings is 1. The van der Waals surface area contributed by atoms with E-state index in [0.29, 0.717) is 0 Å². The van der Waals surface area contributed by atoms with E-state index in [9.17, 15) is 18.8 Å². The number of rotatable bonds is 5. The topological polar surface area (TPSA) is 98.5 Å². The highest BCUT2D eigenvalue weighted by Gasteiger charge is 2.20. The number of nitrogens with one attached hydrogen (secondary N) is 1. The molecule has 0 radical (unpaired) electrons. The van der Waals surface area contributed by atoms with Crippen molar-refractivity contribution in [3.8, 4) is 0 Å². The van der Waals surface area contributed by atoms with Gasteiger partial charge in [-0.1, -0.05) is 6.92 Å². The van der Waals surface area contributed by atoms with Crippen molar-refractivity contribution in [2.75, 3.05) is 5.32 Å². The van der Waals surface area contributed by atoms with Crippen LogP contribution in [0.3, 0.4) is 0 Å². The van der Waals surface area contributed by atoms with Gasteiger partial charge in [0.05, 0.1) is 5.56 Å². The summed E-state index contributed by atoms with van der Waals surface area (Å²) in [5.41, 5.74) is 4.84. The van der Waals surface area contributed by atoms with Crippen LogP contribution in [-0.2, 0) is 14.3 Å². The van der Waals surface area contributed by atoms with Crippen molar-refractivity contribution < 1.29 is 23.5 Å². The molecule has 0 bridgehead atoms. The van der Waals surface area contributed by atoms with E-state index >= 15 is 0 Å². The van der Waals surface area contributed by atoms with Gasteiger partial charge >= 0.3 is 5.97 Å². The Balaban J connectivity index is 2.82. The number of hydrogen-bond acceptors (Lipinski definition) is 4. The average Bonchev–Trinajstić information content (AvgIpc) is 2.35. The molecular formula is C13H15FN2O4. The van der Waals surface area contributed by atoms with E-state index in [0.717, 1.165) is 6.07 Å². The van der Waals surface area contributed by atoms with E-state index in [4.69, 9.17) is 10.5 Å². The molecule has 108 valence electrons. The summed E-state index contributed by atoms with van der Waals surface area (Å²) in [5, 5.41) is 2.40. The van der Waals surface area contributed by atoms with Gasteiger partial charge in [0.2, 0.25) is 0 Å². The molecule has 1 atom stereocenters. The van der Waals surface area contributed by atoms with Crippen LogP contribution in [0.1, 0.15) is 30.6 Å². The normalized spacial score (nSPS) is 11.6. The van der Waals surface area contributed by atoms with Crippen LogP contribution < -0.4 is 11.1 Å². The molecule has 1 aromatic carbocycles. The summed E-state index contributed by atoms with van der Waals surface area (Å²) in [4.78, 5) is 33.5. The van der Waals surface area contributed by atoms with Gasteiger partial charge in [-0.2, -0.15) is 0 Å².